The molecule has 0 aliphatic rings. The molecule has 0 fully saturated rings. The number of carbonyl (C=O) groups excluding carboxylic acids is 1. The third kappa shape index (κ3) is 8.48. The number of non-ortho nitro benzene ring substituents is 1. The Morgan fingerprint density at radius 2 is 1.35 bits per heavy atom. The molecule has 0 aliphatic carbocycles. The smallest absolute Gasteiger partial charge is 0.269 e. The van der Waals surface area contributed by atoms with E-state index in [1.165, 1.54) is 24.3 Å². The number of amides is 1. The van der Waals surface area contributed by atoms with Gasteiger partial charge in [-0.2, -0.15) is 0 Å². The number of anilines is 1. The normalized spacial score (nSPS) is 11.8. The molecule has 0 bridgehead atoms. The topological polar surface area (TPSA) is 165 Å². The van der Waals surface area contributed by atoms with Gasteiger partial charge in [0.2, 0.25) is 26.0 Å². The summed E-state index contributed by atoms with van der Waals surface area (Å²) in [5.41, 5.74) is 0.130. The van der Waals surface area contributed by atoms with Gasteiger partial charge in [-0.25, -0.2) is 26.3 Å². The zero-order valence-corrected chi connectivity index (χ0v) is 20.3. The summed E-state index contributed by atoms with van der Waals surface area (Å²) in [4.78, 5) is 22.1. The Kier molecular flexibility index (Phi) is 10.1. The summed E-state index contributed by atoms with van der Waals surface area (Å²) in [7, 11) is -7.57. The summed E-state index contributed by atoms with van der Waals surface area (Å²) in [6.07, 6.45) is 3.65. The van der Waals surface area contributed by atoms with E-state index in [1.807, 2.05) is 0 Å². The van der Waals surface area contributed by atoms with Gasteiger partial charge in [-0.3, -0.25) is 14.9 Å². The largest absolute Gasteiger partial charge is 0.326 e. The number of unbranched alkanes of at least 4 members (excludes halogenated alkanes) is 3. The number of hydrogen-bond donors (Lipinski definition) is 3. The Hall–Kier alpha value is -2.87. The van der Waals surface area contributed by atoms with Crippen LogP contribution in [0.2, 0.25) is 0 Å². The highest BCUT2D eigenvalue weighted by molar-refractivity contribution is 7.89. The zero-order valence-electron chi connectivity index (χ0n) is 18.7. The van der Waals surface area contributed by atoms with Crippen molar-refractivity contribution in [2.24, 2.45) is 0 Å². The number of benzene rings is 2. The van der Waals surface area contributed by atoms with Gasteiger partial charge in [-0.15, -0.1) is 0 Å². The van der Waals surface area contributed by atoms with E-state index >= 15 is 0 Å². The van der Waals surface area contributed by atoms with Gasteiger partial charge in [0.15, 0.2) is 0 Å². The van der Waals surface area contributed by atoms with Crippen LogP contribution in [0.15, 0.2) is 58.3 Å². The van der Waals surface area contributed by atoms with Gasteiger partial charge in [-0.1, -0.05) is 26.2 Å². The molecular weight excluding hydrogens is 484 g/mol. The van der Waals surface area contributed by atoms with Gasteiger partial charge in [0.1, 0.15) is 0 Å². The molecule has 0 spiro atoms. The second kappa shape index (κ2) is 12.6. The number of sulfonamides is 2. The number of rotatable bonds is 14. The van der Waals surface area contributed by atoms with Crippen LogP contribution < -0.4 is 14.8 Å². The van der Waals surface area contributed by atoms with Crippen LogP contribution in [-0.2, 0) is 24.8 Å². The third-order valence-electron chi connectivity index (χ3n) is 4.77. The van der Waals surface area contributed by atoms with Gasteiger partial charge in [0.25, 0.3) is 5.69 Å². The molecule has 0 heterocycles. The Bertz CT molecular complexity index is 1180. The molecule has 0 aromatic heterocycles. The molecule has 0 saturated carbocycles. The molecule has 186 valence electrons. The van der Waals surface area contributed by atoms with E-state index in [1.54, 1.807) is 0 Å². The lowest BCUT2D eigenvalue weighted by Gasteiger charge is -2.09. The predicted molar refractivity (Wildman–Crippen MR) is 127 cm³/mol. The molecule has 13 heteroatoms. The van der Waals surface area contributed by atoms with Crippen molar-refractivity contribution in [3.63, 3.8) is 0 Å². The maximum absolute atomic E-state index is 12.3. The summed E-state index contributed by atoms with van der Waals surface area (Å²) >= 11 is 0. The SMILES string of the molecule is CCCCCCNS(=O)(=O)c1ccc(NC(=O)CCNS(=O)(=O)c2ccc([N+](=O)[O-])cc2)cc1. The van der Waals surface area contributed by atoms with Crippen LogP contribution in [-0.4, -0.2) is 40.8 Å². The average molecular weight is 513 g/mol. The van der Waals surface area contributed by atoms with E-state index < -0.39 is 30.9 Å². The summed E-state index contributed by atoms with van der Waals surface area (Å²) in [6, 6.07) is 10.0. The molecule has 0 unspecified atom stereocenters. The lowest BCUT2D eigenvalue weighted by Crippen LogP contribution is -2.28. The van der Waals surface area contributed by atoms with Crippen molar-refractivity contribution in [1.82, 2.24) is 9.44 Å². The molecule has 3 N–H and O–H groups in total. The number of nitro groups is 1. The number of nitro benzene ring substituents is 1. The van der Waals surface area contributed by atoms with Crippen LogP contribution in [0.5, 0.6) is 0 Å². The highest BCUT2D eigenvalue weighted by atomic mass is 32.2. The Morgan fingerprint density at radius 3 is 1.88 bits per heavy atom. The minimum atomic E-state index is -3.93. The summed E-state index contributed by atoms with van der Waals surface area (Å²) in [6.45, 7) is 2.24. The van der Waals surface area contributed by atoms with E-state index in [0.717, 1.165) is 49.9 Å². The molecule has 1 amide bonds. The molecule has 34 heavy (non-hydrogen) atoms. The van der Waals surface area contributed by atoms with Crippen molar-refractivity contribution < 1.29 is 26.6 Å². The minimum absolute atomic E-state index is 0.0804. The highest BCUT2D eigenvalue weighted by Gasteiger charge is 2.17. The molecule has 11 nitrogen and oxygen atoms in total. The Morgan fingerprint density at radius 1 is 0.824 bits per heavy atom. The standard InChI is InChI=1S/C21H28N4O7S2/c1-2-3-4-5-15-22-33(29,30)19-10-6-17(7-11-19)24-21(26)14-16-23-34(31,32)20-12-8-18(9-13-20)25(27)28/h6-13,22-23H,2-5,14-16H2,1H3,(H,24,26). The molecule has 2 rings (SSSR count). The molecule has 2 aromatic carbocycles. The first kappa shape index (κ1) is 27.4. The lowest BCUT2D eigenvalue weighted by molar-refractivity contribution is -0.384. The van der Waals surface area contributed by atoms with E-state index in [-0.39, 0.29) is 28.4 Å². The first-order valence-electron chi connectivity index (χ1n) is 10.7. The van der Waals surface area contributed by atoms with Gasteiger partial charge in [0.05, 0.1) is 14.7 Å². The van der Waals surface area contributed by atoms with Crippen LogP contribution in [0.25, 0.3) is 0 Å². The van der Waals surface area contributed by atoms with Gasteiger partial charge >= 0.3 is 0 Å². The first-order valence-corrected chi connectivity index (χ1v) is 13.7. The van der Waals surface area contributed by atoms with E-state index in [4.69, 9.17) is 0 Å². The quantitative estimate of drug-likeness (QED) is 0.199. The predicted octanol–water partition coefficient (Wildman–Crippen LogP) is 2.76. The zero-order chi connectivity index (χ0) is 25.2. The molecular formula is C21H28N4O7S2. The molecule has 0 aliphatic heterocycles. The number of hydrogen-bond acceptors (Lipinski definition) is 7. The van der Waals surface area contributed by atoms with Crippen molar-refractivity contribution in [1.29, 1.82) is 0 Å². The highest BCUT2D eigenvalue weighted by Crippen LogP contribution is 2.16. The Balaban J connectivity index is 1.83. The van der Waals surface area contributed by atoms with Crippen LogP contribution in [0.4, 0.5) is 11.4 Å². The summed E-state index contributed by atoms with van der Waals surface area (Å²) in [5.74, 6) is -0.476. The Labute approximate surface area is 199 Å². The average Bonchev–Trinajstić information content (AvgIpc) is 2.79. The monoisotopic (exact) mass is 512 g/mol. The van der Waals surface area contributed by atoms with Crippen molar-refractivity contribution in [2.45, 2.75) is 48.8 Å². The fourth-order valence-corrected chi connectivity index (χ4v) is 5.02. The fraction of sp³-hybridized carbons (Fsp3) is 0.381. The van der Waals surface area contributed by atoms with Crippen LogP contribution >= 0.6 is 0 Å². The number of carbonyl (C=O) groups is 1. The molecule has 0 atom stereocenters. The van der Waals surface area contributed by atoms with Gasteiger partial charge in [-0.05, 0) is 42.8 Å². The first-order chi connectivity index (χ1) is 16.0. The minimum Gasteiger partial charge on any atom is -0.326 e. The van der Waals surface area contributed by atoms with E-state index in [9.17, 15) is 31.7 Å². The summed E-state index contributed by atoms with van der Waals surface area (Å²) < 4.78 is 53.9. The second-order valence-corrected chi connectivity index (χ2v) is 11.0. The van der Waals surface area contributed by atoms with Crippen LogP contribution in [0.1, 0.15) is 39.0 Å². The van der Waals surface area contributed by atoms with Crippen LogP contribution in [0, 0.1) is 10.1 Å². The molecule has 2 aromatic rings. The van der Waals surface area contributed by atoms with Crippen molar-refractivity contribution in [2.75, 3.05) is 18.4 Å². The molecule has 0 radical (unpaired) electrons. The maximum atomic E-state index is 12.3. The van der Waals surface area contributed by atoms with Crippen molar-refractivity contribution >= 4 is 37.3 Å². The van der Waals surface area contributed by atoms with Crippen molar-refractivity contribution in [3.05, 3.63) is 58.6 Å². The van der Waals surface area contributed by atoms with E-state index in [0.29, 0.717) is 12.2 Å². The van der Waals surface area contributed by atoms with E-state index in [2.05, 4.69) is 21.7 Å². The van der Waals surface area contributed by atoms with Crippen molar-refractivity contribution in [3.8, 4) is 0 Å². The van der Waals surface area contributed by atoms with Crippen LogP contribution in [0.3, 0.4) is 0 Å². The fourth-order valence-electron chi connectivity index (χ4n) is 2.91. The number of nitrogens with zero attached hydrogens (tertiary/aromatic N) is 1. The second-order valence-electron chi connectivity index (χ2n) is 7.43. The third-order valence-corrected chi connectivity index (χ3v) is 7.73. The lowest BCUT2D eigenvalue weighted by atomic mass is 10.2. The van der Waals surface area contributed by atoms with Gasteiger partial charge in [0, 0.05) is 37.3 Å². The summed E-state index contributed by atoms with van der Waals surface area (Å²) in [5, 5.41) is 13.2. The van der Waals surface area contributed by atoms with Gasteiger partial charge < -0.3 is 5.32 Å². The number of nitrogens with one attached hydrogen (secondary N) is 3. The molecule has 0 saturated heterocycles. The maximum Gasteiger partial charge on any atom is 0.269 e.